The third-order valence-electron chi connectivity index (χ3n) is 6.93. The number of nitrogens with zero attached hydrogens (tertiary/aromatic N) is 3. The second kappa shape index (κ2) is 9.94. The second-order valence-corrected chi connectivity index (χ2v) is 10.5. The molecule has 2 N–H and O–H groups in total. The highest BCUT2D eigenvalue weighted by atomic mass is 16.6. The predicted molar refractivity (Wildman–Crippen MR) is 123 cm³/mol. The first-order valence-corrected chi connectivity index (χ1v) is 11.9. The Hall–Kier alpha value is -1.54. The summed E-state index contributed by atoms with van der Waals surface area (Å²) in [5.41, 5.74) is -0.400. The quantitative estimate of drug-likeness (QED) is 0.508. The van der Waals surface area contributed by atoms with E-state index in [-0.39, 0.29) is 23.7 Å². The lowest BCUT2D eigenvalue weighted by Crippen LogP contribution is -2.55. The van der Waals surface area contributed by atoms with Crippen molar-refractivity contribution in [2.75, 3.05) is 40.4 Å². The SMILES string of the molecule is CCNC(=NCC1(N(C)C)CCOCC1)NC1CC2CCC(C1)N2C(=O)OC(C)(C)C. The van der Waals surface area contributed by atoms with E-state index >= 15 is 0 Å². The highest BCUT2D eigenvalue weighted by molar-refractivity contribution is 5.80. The van der Waals surface area contributed by atoms with Crippen LogP contribution in [0, 0.1) is 0 Å². The molecule has 3 fully saturated rings. The first-order chi connectivity index (χ1) is 14.6. The number of hydrogen-bond acceptors (Lipinski definition) is 5. The number of carbonyl (C=O) groups excluding carboxylic acids is 1. The van der Waals surface area contributed by atoms with E-state index in [2.05, 4.69) is 36.6 Å². The van der Waals surface area contributed by atoms with Crippen LogP contribution in [0.3, 0.4) is 0 Å². The zero-order valence-corrected chi connectivity index (χ0v) is 20.4. The van der Waals surface area contributed by atoms with Crippen molar-refractivity contribution in [2.45, 2.75) is 95.5 Å². The molecule has 8 nitrogen and oxygen atoms in total. The maximum Gasteiger partial charge on any atom is 0.410 e. The molecule has 0 aromatic heterocycles. The van der Waals surface area contributed by atoms with Gasteiger partial charge < -0.3 is 29.9 Å². The monoisotopic (exact) mass is 437 g/mol. The summed E-state index contributed by atoms with van der Waals surface area (Å²) in [7, 11) is 4.29. The minimum Gasteiger partial charge on any atom is -0.444 e. The summed E-state index contributed by atoms with van der Waals surface area (Å²) in [5, 5.41) is 7.10. The van der Waals surface area contributed by atoms with E-state index < -0.39 is 5.60 Å². The smallest absolute Gasteiger partial charge is 0.410 e. The van der Waals surface area contributed by atoms with Crippen molar-refractivity contribution in [1.82, 2.24) is 20.4 Å². The number of rotatable bonds is 5. The van der Waals surface area contributed by atoms with Crippen LogP contribution in [-0.2, 0) is 9.47 Å². The molecular weight excluding hydrogens is 394 g/mol. The van der Waals surface area contributed by atoms with Crippen molar-refractivity contribution in [3.05, 3.63) is 0 Å². The predicted octanol–water partition coefficient (Wildman–Crippen LogP) is 2.58. The summed E-state index contributed by atoms with van der Waals surface area (Å²) in [6.45, 7) is 11.1. The van der Waals surface area contributed by atoms with Gasteiger partial charge in [0.2, 0.25) is 0 Å². The van der Waals surface area contributed by atoms with Crippen molar-refractivity contribution in [3.8, 4) is 0 Å². The Morgan fingerprint density at radius 2 is 1.81 bits per heavy atom. The molecule has 0 spiro atoms. The Kier molecular flexibility index (Phi) is 7.73. The van der Waals surface area contributed by atoms with Gasteiger partial charge in [-0.05, 0) is 80.3 Å². The number of fused-ring (bicyclic) bond motifs is 2. The molecule has 3 aliphatic heterocycles. The second-order valence-electron chi connectivity index (χ2n) is 10.5. The number of guanidine groups is 1. The molecule has 31 heavy (non-hydrogen) atoms. The number of piperidine rings is 1. The average Bonchev–Trinajstić information content (AvgIpc) is 2.97. The molecule has 0 aliphatic carbocycles. The first-order valence-electron chi connectivity index (χ1n) is 11.9. The highest BCUT2D eigenvalue weighted by Crippen LogP contribution is 2.37. The van der Waals surface area contributed by atoms with Gasteiger partial charge in [-0.25, -0.2) is 4.79 Å². The molecule has 0 aromatic carbocycles. The van der Waals surface area contributed by atoms with Gasteiger partial charge in [-0.1, -0.05) is 0 Å². The van der Waals surface area contributed by atoms with Crippen LogP contribution in [0.5, 0.6) is 0 Å². The molecule has 3 heterocycles. The van der Waals surface area contributed by atoms with Crippen molar-refractivity contribution in [2.24, 2.45) is 4.99 Å². The van der Waals surface area contributed by atoms with Crippen molar-refractivity contribution in [1.29, 1.82) is 0 Å². The number of ether oxygens (including phenoxy) is 2. The van der Waals surface area contributed by atoms with E-state index in [1.54, 1.807) is 0 Å². The zero-order chi connectivity index (χ0) is 22.6. The Morgan fingerprint density at radius 3 is 2.32 bits per heavy atom. The van der Waals surface area contributed by atoms with Crippen LogP contribution in [0.15, 0.2) is 4.99 Å². The number of aliphatic imine (C=N–C) groups is 1. The molecule has 0 radical (unpaired) electrons. The molecule has 3 saturated heterocycles. The molecular formula is C23H43N5O3. The third-order valence-corrected chi connectivity index (χ3v) is 6.93. The minimum atomic E-state index is -0.455. The summed E-state index contributed by atoms with van der Waals surface area (Å²) in [6, 6.07) is 0.814. The van der Waals surface area contributed by atoms with E-state index in [9.17, 15) is 4.79 Å². The lowest BCUT2D eigenvalue weighted by molar-refractivity contribution is -0.00266. The van der Waals surface area contributed by atoms with Gasteiger partial charge in [-0.15, -0.1) is 0 Å². The Labute approximate surface area is 188 Å². The topological polar surface area (TPSA) is 78.4 Å². The summed E-state index contributed by atoms with van der Waals surface area (Å²) < 4.78 is 11.3. The van der Waals surface area contributed by atoms with Crippen LogP contribution in [0.1, 0.15) is 66.2 Å². The van der Waals surface area contributed by atoms with E-state index in [1.807, 2.05) is 25.7 Å². The molecule has 2 atom stereocenters. The van der Waals surface area contributed by atoms with Gasteiger partial charge in [0.25, 0.3) is 0 Å². The number of hydrogen-bond donors (Lipinski definition) is 2. The normalized spacial score (nSPS) is 28.5. The van der Waals surface area contributed by atoms with Crippen LogP contribution in [-0.4, -0.2) is 91.5 Å². The fourth-order valence-corrected chi connectivity index (χ4v) is 5.15. The van der Waals surface area contributed by atoms with Gasteiger partial charge in [0.15, 0.2) is 5.96 Å². The Morgan fingerprint density at radius 1 is 1.19 bits per heavy atom. The molecule has 0 saturated carbocycles. The average molecular weight is 438 g/mol. The van der Waals surface area contributed by atoms with Crippen molar-refractivity contribution in [3.63, 3.8) is 0 Å². The van der Waals surface area contributed by atoms with Gasteiger partial charge in [-0.2, -0.15) is 0 Å². The largest absolute Gasteiger partial charge is 0.444 e. The zero-order valence-electron chi connectivity index (χ0n) is 20.4. The summed E-state index contributed by atoms with van der Waals surface area (Å²) in [5.74, 6) is 0.880. The molecule has 0 aromatic rings. The lowest BCUT2D eigenvalue weighted by Gasteiger charge is -2.42. The van der Waals surface area contributed by atoms with Crippen molar-refractivity contribution < 1.29 is 14.3 Å². The van der Waals surface area contributed by atoms with Crippen LogP contribution in [0.25, 0.3) is 0 Å². The summed E-state index contributed by atoms with van der Waals surface area (Å²) in [4.78, 5) is 22.0. The third kappa shape index (κ3) is 6.04. The number of nitrogens with one attached hydrogen (secondary N) is 2. The van der Waals surface area contributed by atoms with Gasteiger partial charge in [0, 0.05) is 43.4 Å². The molecule has 2 unspecified atom stereocenters. The summed E-state index contributed by atoms with van der Waals surface area (Å²) >= 11 is 0. The molecule has 3 aliphatic rings. The lowest BCUT2D eigenvalue weighted by atomic mass is 9.89. The highest BCUT2D eigenvalue weighted by Gasteiger charge is 2.45. The molecule has 178 valence electrons. The maximum absolute atomic E-state index is 12.7. The molecule has 1 amide bonds. The van der Waals surface area contributed by atoms with E-state index in [0.717, 1.165) is 70.8 Å². The fourth-order valence-electron chi connectivity index (χ4n) is 5.15. The Bertz CT molecular complexity index is 626. The van der Waals surface area contributed by atoms with Crippen LogP contribution in [0.2, 0.25) is 0 Å². The van der Waals surface area contributed by atoms with Crippen molar-refractivity contribution >= 4 is 12.1 Å². The molecule has 3 rings (SSSR count). The van der Waals surface area contributed by atoms with Crippen LogP contribution >= 0.6 is 0 Å². The van der Waals surface area contributed by atoms with Crippen LogP contribution in [0.4, 0.5) is 4.79 Å². The molecule has 8 heteroatoms. The maximum atomic E-state index is 12.7. The fraction of sp³-hybridized carbons (Fsp3) is 0.913. The Balaban J connectivity index is 1.62. The standard InChI is InChI=1S/C23H43N5O3/c1-7-24-20(25-16-23(27(5)6)10-12-30-13-11-23)26-17-14-18-8-9-19(15-17)28(18)21(29)31-22(2,3)4/h17-19H,7-16H2,1-6H3,(H2,24,25,26). The number of amides is 1. The number of carbonyl (C=O) groups is 1. The van der Waals surface area contributed by atoms with E-state index in [1.165, 1.54) is 0 Å². The first kappa shape index (κ1) is 24.1. The van der Waals surface area contributed by atoms with E-state index in [4.69, 9.17) is 14.5 Å². The molecule has 2 bridgehead atoms. The van der Waals surface area contributed by atoms with Gasteiger partial charge >= 0.3 is 6.09 Å². The van der Waals surface area contributed by atoms with Crippen LogP contribution < -0.4 is 10.6 Å². The van der Waals surface area contributed by atoms with E-state index in [0.29, 0.717) is 6.04 Å². The number of likely N-dealkylation sites (N-methyl/N-ethyl adjacent to an activating group) is 1. The van der Waals surface area contributed by atoms with Gasteiger partial charge in [0.05, 0.1) is 6.54 Å². The minimum absolute atomic E-state index is 0.0553. The van der Waals surface area contributed by atoms with Gasteiger partial charge in [0.1, 0.15) is 5.60 Å². The summed E-state index contributed by atoms with van der Waals surface area (Å²) in [6.07, 6.45) is 5.83. The van der Waals surface area contributed by atoms with Gasteiger partial charge in [-0.3, -0.25) is 4.99 Å².